The summed E-state index contributed by atoms with van der Waals surface area (Å²) in [6.45, 7) is 4.76. The maximum absolute atomic E-state index is 4.99. The molecule has 0 bridgehead atoms. The Morgan fingerprint density at radius 3 is 2.88 bits per heavy atom. The lowest BCUT2D eigenvalue weighted by Gasteiger charge is -2.11. The van der Waals surface area contributed by atoms with E-state index >= 15 is 0 Å². The van der Waals surface area contributed by atoms with E-state index < -0.39 is 0 Å². The number of hydrogen-bond donors (Lipinski definition) is 1. The molecule has 0 saturated heterocycles. The third-order valence-corrected chi connectivity index (χ3v) is 3.13. The van der Waals surface area contributed by atoms with E-state index in [1.54, 1.807) is 11.3 Å². The van der Waals surface area contributed by atoms with Crippen molar-refractivity contribution in [3.05, 3.63) is 34.1 Å². The van der Waals surface area contributed by atoms with Crippen LogP contribution in [0.4, 0.5) is 0 Å². The number of hydrogen-bond acceptors (Lipinski definition) is 5. The number of aromatic nitrogens is 2. The number of thiophene rings is 1. The first-order valence-electron chi connectivity index (χ1n) is 5.34. The van der Waals surface area contributed by atoms with Gasteiger partial charge in [0.1, 0.15) is 0 Å². The third-order valence-electron chi connectivity index (χ3n) is 2.40. The molecule has 0 spiro atoms. The van der Waals surface area contributed by atoms with Crippen LogP contribution in [0.15, 0.2) is 21.3 Å². The first-order chi connectivity index (χ1) is 7.79. The van der Waals surface area contributed by atoms with Crippen LogP contribution in [0, 0.1) is 6.92 Å². The van der Waals surface area contributed by atoms with E-state index in [4.69, 9.17) is 4.52 Å². The van der Waals surface area contributed by atoms with Crippen LogP contribution in [-0.2, 0) is 6.54 Å². The van der Waals surface area contributed by atoms with E-state index in [0.717, 1.165) is 18.8 Å². The highest BCUT2D eigenvalue weighted by Gasteiger charge is 2.14. The maximum Gasteiger partial charge on any atom is 0.223 e. The van der Waals surface area contributed by atoms with E-state index in [1.807, 2.05) is 6.92 Å². The Morgan fingerprint density at radius 2 is 2.35 bits per heavy atom. The minimum absolute atomic E-state index is 0. The van der Waals surface area contributed by atoms with Gasteiger partial charge in [-0.1, -0.05) is 12.1 Å². The standard InChI is InChI=1S/C11H15N3OS.ClH/c1-3-10(11-13-8(2)15-14-11)12-6-9-4-5-16-7-9;/h4-5,7,10,12H,3,6H2,1-2H3;1H. The van der Waals surface area contributed by atoms with Crippen LogP contribution < -0.4 is 5.32 Å². The molecule has 0 aliphatic heterocycles. The highest BCUT2D eigenvalue weighted by atomic mass is 35.5. The molecule has 0 radical (unpaired) electrons. The Balaban J connectivity index is 0.00000144. The zero-order chi connectivity index (χ0) is 11.4. The number of nitrogens with zero attached hydrogens (tertiary/aromatic N) is 2. The summed E-state index contributed by atoms with van der Waals surface area (Å²) in [6, 6.07) is 2.28. The zero-order valence-corrected chi connectivity index (χ0v) is 11.5. The predicted molar refractivity (Wildman–Crippen MR) is 70.5 cm³/mol. The molecule has 1 unspecified atom stereocenters. The quantitative estimate of drug-likeness (QED) is 0.909. The van der Waals surface area contributed by atoms with Gasteiger partial charge in [-0.25, -0.2) is 0 Å². The summed E-state index contributed by atoms with van der Waals surface area (Å²) in [5.41, 5.74) is 1.30. The van der Waals surface area contributed by atoms with E-state index in [-0.39, 0.29) is 18.4 Å². The SMILES string of the molecule is CCC(NCc1ccsc1)c1noc(C)n1.Cl. The minimum atomic E-state index is 0. The van der Waals surface area contributed by atoms with Crippen molar-refractivity contribution in [1.82, 2.24) is 15.5 Å². The van der Waals surface area contributed by atoms with Crippen LogP contribution in [0.1, 0.15) is 36.7 Å². The van der Waals surface area contributed by atoms with E-state index in [1.165, 1.54) is 5.56 Å². The number of aryl methyl sites for hydroxylation is 1. The van der Waals surface area contributed by atoms with Crippen molar-refractivity contribution in [1.29, 1.82) is 0 Å². The molecule has 0 aromatic carbocycles. The summed E-state index contributed by atoms with van der Waals surface area (Å²) in [5.74, 6) is 1.36. The van der Waals surface area contributed by atoms with Gasteiger partial charge in [0, 0.05) is 13.5 Å². The molecule has 2 heterocycles. The Labute approximate surface area is 111 Å². The van der Waals surface area contributed by atoms with Crippen LogP contribution in [0.2, 0.25) is 0 Å². The Bertz CT molecular complexity index is 430. The van der Waals surface area contributed by atoms with Gasteiger partial charge in [-0.3, -0.25) is 0 Å². The van der Waals surface area contributed by atoms with Crippen LogP contribution in [0.5, 0.6) is 0 Å². The van der Waals surface area contributed by atoms with Crippen molar-refractivity contribution in [2.45, 2.75) is 32.9 Å². The average Bonchev–Trinajstić information content (AvgIpc) is 2.91. The topological polar surface area (TPSA) is 51.0 Å². The fourth-order valence-corrected chi connectivity index (χ4v) is 2.18. The molecular formula is C11H16ClN3OS. The van der Waals surface area contributed by atoms with Crippen molar-refractivity contribution in [3.63, 3.8) is 0 Å². The molecule has 17 heavy (non-hydrogen) atoms. The van der Waals surface area contributed by atoms with Crippen molar-refractivity contribution in [2.75, 3.05) is 0 Å². The molecule has 6 heteroatoms. The Kier molecular flexibility index (Phi) is 5.61. The van der Waals surface area contributed by atoms with Crippen LogP contribution in [-0.4, -0.2) is 10.1 Å². The smallest absolute Gasteiger partial charge is 0.223 e. The highest BCUT2D eigenvalue weighted by Crippen LogP contribution is 2.14. The highest BCUT2D eigenvalue weighted by molar-refractivity contribution is 7.07. The molecule has 2 aromatic heterocycles. The summed E-state index contributed by atoms with van der Waals surface area (Å²) in [4.78, 5) is 4.24. The lowest BCUT2D eigenvalue weighted by Crippen LogP contribution is -2.21. The summed E-state index contributed by atoms with van der Waals surface area (Å²) in [6.07, 6.45) is 0.948. The normalized spacial score (nSPS) is 12.1. The molecule has 2 aromatic rings. The monoisotopic (exact) mass is 273 g/mol. The predicted octanol–water partition coefficient (Wildman–Crippen LogP) is 3.10. The third kappa shape index (κ3) is 3.80. The van der Waals surface area contributed by atoms with Gasteiger partial charge in [0.15, 0.2) is 5.82 Å². The average molecular weight is 274 g/mol. The summed E-state index contributed by atoms with van der Waals surface area (Å²) in [5, 5.41) is 11.6. The molecule has 4 nitrogen and oxygen atoms in total. The van der Waals surface area contributed by atoms with Crippen molar-refractivity contribution in [2.24, 2.45) is 0 Å². The molecule has 0 aliphatic carbocycles. The van der Waals surface area contributed by atoms with Gasteiger partial charge < -0.3 is 9.84 Å². The first-order valence-corrected chi connectivity index (χ1v) is 6.28. The van der Waals surface area contributed by atoms with E-state index in [9.17, 15) is 0 Å². The largest absolute Gasteiger partial charge is 0.340 e. The second kappa shape index (κ2) is 6.74. The van der Waals surface area contributed by atoms with E-state index in [0.29, 0.717) is 5.89 Å². The van der Waals surface area contributed by atoms with Crippen LogP contribution in [0.3, 0.4) is 0 Å². The van der Waals surface area contributed by atoms with Gasteiger partial charge in [-0.2, -0.15) is 16.3 Å². The number of nitrogens with one attached hydrogen (secondary N) is 1. The van der Waals surface area contributed by atoms with Gasteiger partial charge in [-0.15, -0.1) is 12.4 Å². The number of halogens is 1. The lowest BCUT2D eigenvalue weighted by atomic mass is 10.2. The molecule has 1 N–H and O–H groups in total. The van der Waals surface area contributed by atoms with Gasteiger partial charge in [-0.05, 0) is 28.8 Å². The van der Waals surface area contributed by atoms with Gasteiger partial charge in [0.2, 0.25) is 5.89 Å². The van der Waals surface area contributed by atoms with Crippen molar-refractivity contribution < 1.29 is 4.52 Å². The first kappa shape index (κ1) is 14.2. The van der Waals surface area contributed by atoms with Gasteiger partial charge >= 0.3 is 0 Å². The molecule has 0 fully saturated rings. The molecule has 0 aliphatic rings. The van der Waals surface area contributed by atoms with Gasteiger partial charge in [0.05, 0.1) is 6.04 Å². The summed E-state index contributed by atoms with van der Waals surface area (Å²) < 4.78 is 4.99. The fraction of sp³-hybridized carbons (Fsp3) is 0.455. The molecule has 0 amide bonds. The van der Waals surface area contributed by atoms with E-state index in [2.05, 4.69) is 39.2 Å². The zero-order valence-electron chi connectivity index (χ0n) is 9.84. The molecule has 2 rings (SSSR count). The molecular weight excluding hydrogens is 258 g/mol. The minimum Gasteiger partial charge on any atom is -0.340 e. The second-order valence-corrected chi connectivity index (χ2v) is 4.42. The molecule has 94 valence electrons. The maximum atomic E-state index is 4.99. The molecule has 1 atom stereocenters. The van der Waals surface area contributed by atoms with Crippen LogP contribution >= 0.6 is 23.7 Å². The van der Waals surface area contributed by atoms with Crippen molar-refractivity contribution >= 4 is 23.7 Å². The Morgan fingerprint density at radius 1 is 1.53 bits per heavy atom. The number of rotatable bonds is 5. The second-order valence-electron chi connectivity index (χ2n) is 3.64. The summed E-state index contributed by atoms with van der Waals surface area (Å²) in [7, 11) is 0. The molecule has 0 saturated carbocycles. The van der Waals surface area contributed by atoms with Crippen molar-refractivity contribution in [3.8, 4) is 0 Å². The lowest BCUT2D eigenvalue weighted by molar-refractivity contribution is 0.374. The Hall–Kier alpha value is -0.910. The summed E-state index contributed by atoms with van der Waals surface area (Å²) >= 11 is 1.71. The fourth-order valence-electron chi connectivity index (χ4n) is 1.51. The van der Waals surface area contributed by atoms with Gasteiger partial charge in [0.25, 0.3) is 0 Å². The van der Waals surface area contributed by atoms with Crippen LogP contribution in [0.25, 0.3) is 0 Å².